The molecule has 9 heteroatoms. The van der Waals surface area contributed by atoms with Crippen molar-refractivity contribution in [1.82, 2.24) is 14.3 Å². The number of carbonyl (C=O) groups excluding carboxylic acids is 1. The van der Waals surface area contributed by atoms with Gasteiger partial charge in [-0.1, -0.05) is 6.07 Å². The molecule has 2 aliphatic rings. The van der Waals surface area contributed by atoms with Crippen LogP contribution in [-0.4, -0.2) is 64.2 Å². The maximum Gasteiger partial charge on any atom is 0.289 e. The van der Waals surface area contributed by atoms with Gasteiger partial charge in [-0.15, -0.1) is 0 Å². The monoisotopic (exact) mass is 356 g/mol. The minimum atomic E-state index is -1.74. The molecule has 0 saturated carbocycles. The van der Waals surface area contributed by atoms with Crippen molar-refractivity contribution in [2.45, 2.75) is 13.1 Å². The predicted molar refractivity (Wildman–Crippen MR) is 95.7 cm³/mol. The van der Waals surface area contributed by atoms with Gasteiger partial charge in [0.1, 0.15) is 11.5 Å². The third-order valence-corrected chi connectivity index (χ3v) is 4.51. The first-order chi connectivity index (χ1) is 12.5. The van der Waals surface area contributed by atoms with Gasteiger partial charge in [-0.05, 0) is 19.1 Å². The molecule has 0 spiro atoms. The van der Waals surface area contributed by atoms with Gasteiger partial charge in [0, 0.05) is 38.4 Å². The smallest absolute Gasteiger partial charge is 0.289 e. The van der Waals surface area contributed by atoms with Crippen LogP contribution in [0.15, 0.2) is 45.2 Å². The van der Waals surface area contributed by atoms with E-state index in [4.69, 9.17) is 0 Å². The summed E-state index contributed by atoms with van der Waals surface area (Å²) in [4.78, 5) is 40.0. The lowest BCUT2D eigenvalue weighted by molar-refractivity contribution is -0.120. The summed E-state index contributed by atoms with van der Waals surface area (Å²) in [5.74, 6) is 0.0674. The van der Waals surface area contributed by atoms with Gasteiger partial charge in [-0.3, -0.25) is 14.0 Å². The van der Waals surface area contributed by atoms with Gasteiger partial charge in [-0.2, -0.15) is 4.99 Å². The zero-order valence-electron chi connectivity index (χ0n) is 14.2. The van der Waals surface area contributed by atoms with E-state index >= 15 is 0 Å². The predicted octanol–water partition coefficient (Wildman–Crippen LogP) is 0.512. The zero-order chi connectivity index (χ0) is 18.3. The molecule has 1 atom stereocenters. The molecule has 4 heterocycles. The molecular formula is C17H17FN6O2. The molecule has 0 N–H and O–H groups in total. The number of rotatable bonds is 1. The first-order valence-corrected chi connectivity index (χ1v) is 8.33. The van der Waals surface area contributed by atoms with Gasteiger partial charge in [-0.25, -0.2) is 14.4 Å². The van der Waals surface area contributed by atoms with Crippen molar-refractivity contribution in [3.05, 3.63) is 40.8 Å². The number of pyridine rings is 1. The number of guanidine groups is 1. The fraction of sp³-hybridized carbons (Fsp3) is 0.353. The number of nitrogens with zero attached hydrogens (tertiary/aromatic N) is 6. The number of anilines is 1. The summed E-state index contributed by atoms with van der Waals surface area (Å²) in [5.41, 5.74) is 0.588. The van der Waals surface area contributed by atoms with Crippen molar-refractivity contribution < 1.29 is 9.18 Å². The number of carbonyl (C=O) groups is 1. The van der Waals surface area contributed by atoms with E-state index in [9.17, 15) is 14.0 Å². The molecule has 1 amide bonds. The third kappa shape index (κ3) is 2.85. The maximum atomic E-state index is 13.5. The topological polar surface area (TPSA) is 82.6 Å². The van der Waals surface area contributed by atoms with Crippen LogP contribution in [0, 0.1) is 0 Å². The Bertz CT molecular complexity index is 990. The summed E-state index contributed by atoms with van der Waals surface area (Å²) in [6, 6.07) is 6.92. The standard InChI is InChI=1S/C17H17FN6O2/c1-11-15(18)16(26)21-17(19-11)23-8-6-22(7-9-23)13-10-14(25)24-5-3-2-4-12(24)20-13/h2-5,10,15H,6-9H2,1H3. The second kappa shape index (κ2) is 6.32. The highest BCUT2D eigenvalue weighted by atomic mass is 19.1. The van der Waals surface area contributed by atoms with E-state index in [-0.39, 0.29) is 17.2 Å². The summed E-state index contributed by atoms with van der Waals surface area (Å²) in [6.07, 6.45) is -0.0573. The van der Waals surface area contributed by atoms with Crippen LogP contribution in [0.4, 0.5) is 10.2 Å². The highest BCUT2D eigenvalue weighted by Gasteiger charge is 2.29. The molecule has 2 aromatic rings. The van der Waals surface area contributed by atoms with Crippen LogP contribution in [-0.2, 0) is 4.79 Å². The van der Waals surface area contributed by atoms with Gasteiger partial charge in [0.2, 0.25) is 12.1 Å². The Kier molecular flexibility index (Phi) is 3.98. The first-order valence-electron chi connectivity index (χ1n) is 8.33. The zero-order valence-corrected chi connectivity index (χ0v) is 14.2. The molecule has 134 valence electrons. The van der Waals surface area contributed by atoms with E-state index in [2.05, 4.69) is 15.0 Å². The second-order valence-corrected chi connectivity index (χ2v) is 6.22. The van der Waals surface area contributed by atoms with Crippen LogP contribution in [0.3, 0.4) is 0 Å². The lowest BCUT2D eigenvalue weighted by atomic mass is 10.2. The summed E-state index contributed by atoms with van der Waals surface area (Å²) in [5, 5.41) is 0. The average molecular weight is 356 g/mol. The summed E-state index contributed by atoms with van der Waals surface area (Å²) >= 11 is 0. The number of hydrogen-bond donors (Lipinski definition) is 0. The Morgan fingerprint density at radius 3 is 2.54 bits per heavy atom. The number of amides is 1. The van der Waals surface area contributed by atoms with Crippen LogP contribution >= 0.6 is 0 Å². The number of aromatic nitrogens is 2. The average Bonchev–Trinajstić information content (AvgIpc) is 2.66. The molecule has 1 saturated heterocycles. The van der Waals surface area contributed by atoms with Crippen LogP contribution in [0.1, 0.15) is 6.92 Å². The lowest BCUT2D eigenvalue weighted by Gasteiger charge is -2.36. The second-order valence-electron chi connectivity index (χ2n) is 6.22. The van der Waals surface area contributed by atoms with Crippen molar-refractivity contribution in [2.24, 2.45) is 9.98 Å². The highest BCUT2D eigenvalue weighted by Crippen LogP contribution is 2.15. The van der Waals surface area contributed by atoms with Crippen LogP contribution in [0.25, 0.3) is 5.65 Å². The number of fused-ring (bicyclic) bond motifs is 1. The van der Waals surface area contributed by atoms with Gasteiger partial charge in [0.05, 0.1) is 5.71 Å². The van der Waals surface area contributed by atoms with E-state index < -0.39 is 12.1 Å². The van der Waals surface area contributed by atoms with E-state index in [1.807, 2.05) is 15.9 Å². The summed E-state index contributed by atoms with van der Waals surface area (Å²) < 4.78 is 15.0. The van der Waals surface area contributed by atoms with Crippen LogP contribution in [0.2, 0.25) is 0 Å². The fourth-order valence-electron chi connectivity index (χ4n) is 3.05. The van der Waals surface area contributed by atoms with Crippen LogP contribution < -0.4 is 10.5 Å². The first kappa shape index (κ1) is 16.4. The van der Waals surface area contributed by atoms with Crippen molar-refractivity contribution in [2.75, 3.05) is 31.1 Å². The van der Waals surface area contributed by atoms with Gasteiger partial charge in [0.25, 0.3) is 11.5 Å². The van der Waals surface area contributed by atoms with E-state index in [1.165, 1.54) is 17.4 Å². The van der Waals surface area contributed by atoms with E-state index in [1.54, 1.807) is 18.3 Å². The molecule has 0 aliphatic carbocycles. The highest BCUT2D eigenvalue weighted by molar-refractivity contribution is 6.16. The number of piperazine rings is 1. The third-order valence-electron chi connectivity index (χ3n) is 4.51. The minimum absolute atomic E-state index is 0.131. The maximum absolute atomic E-state index is 13.5. The number of hydrogen-bond acceptors (Lipinski definition) is 6. The Balaban J connectivity index is 1.52. The SMILES string of the molecule is CC1=NC(N2CCN(c3cc(=O)n4ccccc4n3)CC2)=NC(=O)C1F. The quantitative estimate of drug-likeness (QED) is 0.744. The van der Waals surface area contributed by atoms with Gasteiger partial charge in [0.15, 0.2) is 0 Å². The molecule has 4 rings (SSSR count). The largest absolute Gasteiger partial charge is 0.353 e. The van der Waals surface area contributed by atoms with Crippen LogP contribution in [0.5, 0.6) is 0 Å². The van der Waals surface area contributed by atoms with Crippen molar-refractivity contribution >= 4 is 29.0 Å². The molecule has 0 aromatic carbocycles. The molecule has 0 radical (unpaired) electrons. The molecule has 26 heavy (non-hydrogen) atoms. The molecule has 2 aromatic heterocycles. The van der Waals surface area contributed by atoms with E-state index in [0.717, 1.165) is 0 Å². The molecule has 8 nitrogen and oxygen atoms in total. The normalized spacial score (nSPS) is 21.0. The van der Waals surface area contributed by atoms with E-state index in [0.29, 0.717) is 37.6 Å². The summed E-state index contributed by atoms with van der Waals surface area (Å²) in [6.45, 7) is 3.78. The molecular weight excluding hydrogens is 339 g/mol. The Morgan fingerprint density at radius 1 is 1.08 bits per heavy atom. The lowest BCUT2D eigenvalue weighted by Crippen LogP contribution is -2.50. The number of halogens is 1. The molecule has 0 bridgehead atoms. The van der Waals surface area contributed by atoms with Crippen molar-refractivity contribution in [3.8, 4) is 0 Å². The molecule has 2 aliphatic heterocycles. The van der Waals surface area contributed by atoms with Crippen molar-refractivity contribution in [1.29, 1.82) is 0 Å². The molecule has 1 fully saturated rings. The minimum Gasteiger partial charge on any atom is -0.353 e. The number of aliphatic imine (C=N–C) groups is 2. The summed E-state index contributed by atoms with van der Waals surface area (Å²) in [7, 11) is 0. The fourth-order valence-corrected chi connectivity index (χ4v) is 3.05. The van der Waals surface area contributed by atoms with Gasteiger partial charge >= 0.3 is 0 Å². The Morgan fingerprint density at radius 2 is 1.81 bits per heavy atom. The Labute approximate surface area is 148 Å². The Hall–Kier alpha value is -3.10. The van der Waals surface area contributed by atoms with Crippen molar-refractivity contribution in [3.63, 3.8) is 0 Å². The van der Waals surface area contributed by atoms with Gasteiger partial charge < -0.3 is 9.80 Å². The molecule has 1 unspecified atom stereocenters. The number of alkyl halides is 1.